The highest BCUT2D eigenvalue weighted by atomic mass is 19.1. The predicted octanol–water partition coefficient (Wildman–Crippen LogP) is 5.41. The number of nitrogens with zero attached hydrogens (tertiary/aromatic N) is 4. The van der Waals surface area contributed by atoms with E-state index >= 15 is 0 Å². The Morgan fingerprint density at radius 1 is 1.05 bits per heavy atom. The fourth-order valence-corrected chi connectivity index (χ4v) is 4.98. The van der Waals surface area contributed by atoms with E-state index in [9.17, 15) is 18.7 Å². The standard InChI is InChI=1S/C29H21F2N5O3/c1-15(36-29-25(28(32)33-14-34-29)26(35-36)17-9-10-21(31)22(38)12-17)27-24(16-5-4-6-18(30)11-16)20(13-37)19-7-2-3-8-23(19)39-27/h2-15,20,38H,1H3,(H2,32,33,34). The molecule has 3 aromatic carbocycles. The Bertz CT molecular complexity index is 1800. The van der Waals surface area contributed by atoms with Gasteiger partial charge in [-0.3, -0.25) is 0 Å². The summed E-state index contributed by atoms with van der Waals surface area (Å²) < 4.78 is 36.1. The van der Waals surface area contributed by atoms with E-state index in [1.54, 1.807) is 48.0 Å². The third-order valence-electron chi connectivity index (χ3n) is 6.81. The monoisotopic (exact) mass is 525 g/mol. The Hall–Kier alpha value is -5.12. The molecular formula is C29H21F2N5O3. The molecule has 1 aliphatic rings. The molecule has 8 nitrogen and oxygen atoms in total. The van der Waals surface area contributed by atoms with E-state index in [4.69, 9.17) is 15.6 Å². The van der Waals surface area contributed by atoms with Crippen molar-refractivity contribution in [1.29, 1.82) is 0 Å². The molecule has 3 N–H and O–H groups in total. The van der Waals surface area contributed by atoms with Gasteiger partial charge in [-0.2, -0.15) is 5.10 Å². The summed E-state index contributed by atoms with van der Waals surface area (Å²) in [6, 6.07) is 16.3. The number of aldehydes is 1. The van der Waals surface area contributed by atoms with Gasteiger partial charge in [-0.25, -0.2) is 23.4 Å². The number of ether oxygens (including phenoxy) is 1. The normalized spacial score (nSPS) is 15.6. The molecule has 0 aliphatic carbocycles. The first kappa shape index (κ1) is 24.2. The zero-order valence-electron chi connectivity index (χ0n) is 20.5. The number of carbonyl (C=O) groups excluding carboxylic acids is 1. The Kier molecular flexibility index (Phi) is 5.79. The molecule has 3 heterocycles. The first-order chi connectivity index (χ1) is 18.9. The molecule has 0 spiro atoms. The zero-order chi connectivity index (χ0) is 27.3. The van der Waals surface area contributed by atoms with Gasteiger partial charge in [0.1, 0.15) is 47.5 Å². The van der Waals surface area contributed by atoms with Crippen molar-refractivity contribution in [2.45, 2.75) is 18.9 Å². The number of aromatic nitrogens is 4. The summed E-state index contributed by atoms with van der Waals surface area (Å²) in [7, 11) is 0. The van der Waals surface area contributed by atoms with Gasteiger partial charge in [-0.1, -0.05) is 30.3 Å². The highest BCUT2D eigenvalue weighted by molar-refractivity contribution is 5.98. The minimum Gasteiger partial charge on any atom is -0.505 e. The summed E-state index contributed by atoms with van der Waals surface area (Å²) in [5.41, 5.74) is 8.92. The number of phenolic OH excluding ortho intramolecular Hbond substituents is 1. The molecule has 5 aromatic rings. The first-order valence-corrected chi connectivity index (χ1v) is 12.1. The van der Waals surface area contributed by atoms with Crippen LogP contribution in [0.2, 0.25) is 0 Å². The van der Waals surface area contributed by atoms with Crippen LogP contribution in [0.4, 0.5) is 14.6 Å². The molecule has 39 heavy (non-hydrogen) atoms. The second-order valence-corrected chi connectivity index (χ2v) is 9.13. The molecule has 0 saturated carbocycles. The fraction of sp³-hybridized carbons (Fsp3) is 0.103. The van der Waals surface area contributed by atoms with Crippen molar-refractivity contribution in [3.8, 4) is 22.8 Å². The molecule has 2 aromatic heterocycles. The van der Waals surface area contributed by atoms with E-state index in [0.717, 1.165) is 12.4 Å². The second kappa shape index (κ2) is 9.32. The molecule has 0 saturated heterocycles. The van der Waals surface area contributed by atoms with Crippen LogP contribution in [0.25, 0.3) is 27.9 Å². The molecule has 2 unspecified atom stereocenters. The minimum absolute atomic E-state index is 0.136. The third-order valence-corrected chi connectivity index (χ3v) is 6.81. The highest BCUT2D eigenvalue weighted by Crippen LogP contribution is 2.46. The number of phenols is 1. The third kappa shape index (κ3) is 3.97. The molecule has 6 rings (SSSR count). The molecule has 2 atom stereocenters. The Morgan fingerprint density at radius 2 is 1.87 bits per heavy atom. The van der Waals surface area contributed by atoms with Gasteiger partial charge in [0.2, 0.25) is 0 Å². The van der Waals surface area contributed by atoms with E-state index in [1.165, 1.54) is 30.6 Å². The van der Waals surface area contributed by atoms with Crippen LogP contribution in [0.5, 0.6) is 11.5 Å². The second-order valence-electron chi connectivity index (χ2n) is 9.13. The average Bonchev–Trinajstić information content (AvgIpc) is 3.34. The number of fused-ring (bicyclic) bond motifs is 2. The van der Waals surface area contributed by atoms with Crippen LogP contribution >= 0.6 is 0 Å². The van der Waals surface area contributed by atoms with Crippen molar-refractivity contribution in [2.75, 3.05) is 5.73 Å². The number of hydrogen-bond acceptors (Lipinski definition) is 7. The van der Waals surface area contributed by atoms with Crippen molar-refractivity contribution in [2.24, 2.45) is 0 Å². The summed E-state index contributed by atoms with van der Waals surface area (Å²) >= 11 is 0. The Labute approximate surface area is 221 Å². The van der Waals surface area contributed by atoms with Crippen LogP contribution < -0.4 is 10.5 Å². The number of nitrogen functional groups attached to an aromatic ring is 1. The molecule has 10 heteroatoms. The van der Waals surface area contributed by atoms with Gasteiger partial charge in [0.05, 0.1) is 11.3 Å². The van der Waals surface area contributed by atoms with Crippen molar-refractivity contribution < 1.29 is 23.4 Å². The zero-order valence-corrected chi connectivity index (χ0v) is 20.5. The van der Waals surface area contributed by atoms with Gasteiger partial charge in [0, 0.05) is 16.7 Å². The van der Waals surface area contributed by atoms with Gasteiger partial charge < -0.3 is 20.4 Å². The van der Waals surface area contributed by atoms with E-state index in [-0.39, 0.29) is 5.82 Å². The maximum absolute atomic E-state index is 14.4. The SMILES string of the molecule is CC(C1=C(c2cccc(F)c2)C(C=O)c2ccccc2O1)n1nc(-c2ccc(F)c(O)c2)c2c(N)ncnc21. The van der Waals surface area contributed by atoms with Gasteiger partial charge in [0.15, 0.2) is 17.2 Å². The van der Waals surface area contributed by atoms with Crippen molar-refractivity contribution in [3.63, 3.8) is 0 Å². The van der Waals surface area contributed by atoms with E-state index < -0.39 is 29.3 Å². The number of nitrogens with two attached hydrogens (primary N) is 1. The molecule has 194 valence electrons. The van der Waals surface area contributed by atoms with Gasteiger partial charge in [0.25, 0.3) is 0 Å². The van der Waals surface area contributed by atoms with Crippen LogP contribution in [-0.4, -0.2) is 31.1 Å². The number of halogens is 2. The molecule has 1 aliphatic heterocycles. The number of hydrogen-bond donors (Lipinski definition) is 2. The lowest BCUT2D eigenvalue weighted by Crippen LogP contribution is -2.23. The van der Waals surface area contributed by atoms with Gasteiger partial charge in [-0.05, 0) is 48.9 Å². The van der Waals surface area contributed by atoms with E-state index in [0.29, 0.717) is 50.5 Å². The highest BCUT2D eigenvalue weighted by Gasteiger charge is 2.35. The maximum atomic E-state index is 14.4. The quantitative estimate of drug-likeness (QED) is 0.295. The number of aromatic hydroxyl groups is 1. The summed E-state index contributed by atoms with van der Waals surface area (Å²) in [6.45, 7) is 1.81. The first-order valence-electron chi connectivity index (χ1n) is 12.1. The van der Waals surface area contributed by atoms with Crippen molar-refractivity contribution in [1.82, 2.24) is 19.7 Å². The lowest BCUT2D eigenvalue weighted by Gasteiger charge is -2.31. The van der Waals surface area contributed by atoms with Crippen LogP contribution in [0.1, 0.15) is 30.0 Å². The van der Waals surface area contributed by atoms with Gasteiger partial charge >= 0.3 is 0 Å². The van der Waals surface area contributed by atoms with Gasteiger partial charge in [-0.15, -0.1) is 0 Å². The maximum Gasteiger partial charge on any atom is 0.164 e. The number of anilines is 1. The predicted molar refractivity (Wildman–Crippen MR) is 141 cm³/mol. The average molecular weight is 526 g/mol. The largest absolute Gasteiger partial charge is 0.505 e. The molecule has 0 fully saturated rings. The van der Waals surface area contributed by atoms with Crippen LogP contribution in [0.15, 0.2) is 78.8 Å². The topological polar surface area (TPSA) is 116 Å². The number of para-hydroxylation sites is 1. The van der Waals surface area contributed by atoms with Crippen LogP contribution in [-0.2, 0) is 4.79 Å². The summed E-state index contributed by atoms with van der Waals surface area (Å²) in [5.74, 6) is -1.52. The van der Waals surface area contributed by atoms with Crippen molar-refractivity contribution >= 4 is 28.7 Å². The number of carbonyl (C=O) groups is 1. The van der Waals surface area contributed by atoms with E-state index in [2.05, 4.69) is 9.97 Å². The van der Waals surface area contributed by atoms with Crippen LogP contribution in [0.3, 0.4) is 0 Å². The summed E-state index contributed by atoms with van der Waals surface area (Å²) in [6.07, 6.45) is 2.10. The number of rotatable bonds is 5. The van der Waals surface area contributed by atoms with Crippen molar-refractivity contribution in [3.05, 3.63) is 102 Å². The fourth-order valence-electron chi connectivity index (χ4n) is 4.98. The number of allylic oxidation sites excluding steroid dienone is 2. The van der Waals surface area contributed by atoms with Crippen LogP contribution in [0, 0.1) is 11.6 Å². The Balaban J connectivity index is 1.60. The molecular weight excluding hydrogens is 504 g/mol. The smallest absolute Gasteiger partial charge is 0.164 e. The lowest BCUT2D eigenvalue weighted by molar-refractivity contribution is -0.108. The summed E-state index contributed by atoms with van der Waals surface area (Å²) in [4.78, 5) is 21.0. The number of benzene rings is 3. The molecule has 0 amide bonds. The summed E-state index contributed by atoms with van der Waals surface area (Å²) in [5, 5.41) is 15.1. The minimum atomic E-state index is -0.779. The Morgan fingerprint density at radius 3 is 2.64 bits per heavy atom. The molecule has 0 bridgehead atoms. The lowest BCUT2D eigenvalue weighted by atomic mass is 9.83. The molecule has 0 radical (unpaired) electrons. The van der Waals surface area contributed by atoms with E-state index in [1.807, 2.05) is 0 Å².